The van der Waals surface area contributed by atoms with Crippen molar-refractivity contribution >= 4 is 0 Å². The maximum Gasteiger partial charge on any atom is 3.00 e. The first-order valence-electron chi connectivity index (χ1n) is 0. The van der Waals surface area contributed by atoms with Crippen LogP contribution in [0.25, 0.3) is 0 Å². The van der Waals surface area contributed by atoms with Crippen molar-refractivity contribution in [1.82, 2.24) is 0 Å². The number of hydrogen-bond acceptors (Lipinski definition) is 0. The molecule has 0 aromatic heterocycles. The number of rotatable bonds is 0. The van der Waals surface area contributed by atoms with Crippen molar-refractivity contribution in [1.29, 1.82) is 0 Å². The molecule has 0 saturated heterocycles. The Morgan fingerprint density at radius 1 is 0.500 bits per heavy atom. The van der Waals surface area contributed by atoms with Gasteiger partial charge in [-0.1, -0.05) is 0 Å². The Bertz CT molecular complexity index is 3.25. The molecule has 0 aromatic carbocycles. The first kappa shape index (κ1) is 94.4. The summed E-state index contributed by atoms with van der Waals surface area (Å²) < 4.78 is 0. The second kappa shape index (κ2) is 41.4. The molecule has 25 valence electrons. The van der Waals surface area contributed by atoms with Gasteiger partial charge in [0.15, 0.2) is 0 Å². The van der Waals surface area contributed by atoms with Gasteiger partial charge in [-0.25, -0.2) is 0 Å². The molecule has 0 saturated carbocycles. The molecule has 0 bridgehead atoms. The van der Waals surface area contributed by atoms with E-state index in [0.717, 1.165) is 0 Å². The zero-order chi connectivity index (χ0) is 0. The molecule has 0 aliphatic heterocycles. The van der Waals surface area contributed by atoms with E-state index in [9.17, 15) is 0 Å². The number of hydrogen-bond donors (Lipinski definition) is 0. The zero-order valence-electron chi connectivity index (χ0n) is 3.50. The molecule has 0 aromatic rings. The molecule has 0 aliphatic rings. The van der Waals surface area contributed by atoms with Gasteiger partial charge in [0.05, 0.1) is 0 Å². The minimum Gasteiger partial charge on any atom is -0.358 e. The van der Waals surface area contributed by atoms with Crippen LogP contribution in [0.5, 0.6) is 0 Å². The van der Waals surface area contributed by atoms with E-state index in [1.807, 2.05) is 0 Å². The molecule has 0 atom stereocenters. The van der Waals surface area contributed by atoms with Crippen molar-refractivity contribution in [2.45, 2.75) is 0 Å². The summed E-state index contributed by atoms with van der Waals surface area (Å²) in [7, 11) is 0. The van der Waals surface area contributed by atoms with Crippen LogP contribution in [0, 0.1) is 22.3 Å². The molecule has 0 heterocycles. The van der Waals surface area contributed by atoms with E-state index in [4.69, 9.17) is 0 Å². The largest absolute Gasteiger partial charge is 3.00 e. The normalized spacial score (nSPS) is 0. The predicted molar refractivity (Wildman–Crippen MR) is 19.2 cm³/mol. The maximum absolute atomic E-state index is 0. The third kappa shape index (κ3) is 13.1. The maximum atomic E-state index is 0. The molecule has 1 heteroatoms. The Labute approximate surface area is 48.7 Å². The van der Waals surface area contributed by atoms with E-state index in [1.165, 1.54) is 0 Å². The van der Waals surface area contributed by atoms with Gasteiger partial charge in [0.1, 0.15) is 0 Å². The van der Waals surface area contributed by atoms with E-state index in [2.05, 4.69) is 0 Å². The molecule has 0 fully saturated rings. The van der Waals surface area contributed by atoms with Gasteiger partial charge in [-0.05, 0) is 0 Å². The van der Waals surface area contributed by atoms with Crippen molar-refractivity contribution in [3.05, 3.63) is 22.3 Å². The van der Waals surface area contributed by atoms with Crippen molar-refractivity contribution in [3.8, 4) is 0 Å². The van der Waals surface area contributed by atoms with Gasteiger partial charge in [-0.3, -0.25) is 0 Å². The van der Waals surface area contributed by atoms with Crippen LogP contribution >= 0.6 is 0 Å². The minimum atomic E-state index is 0. The average Bonchev–Trinajstić information content (AvgIpc) is 0. The Morgan fingerprint density at radius 3 is 0.500 bits per heavy atom. The molecular formula is C3H9Zr. The third-order valence-electron chi connectivity index (χ3n) is 0. The quantitative estimate of drug-likeness (QED) is 0.349. The summed E-state index contributed by atoms with van der Waals surface area (Å²) in [5.41, 5.74) is 0. The fourth-order valence-corrected chi connectivity index (χ4v) is 0. The summed E-state index contributed by atoms with van der Waals surface area (Å²) in [5.74, 6) is 0. The van der Waals surface area contributed by atoms with E-state index in [-0.39, 0.29) is 48.5 Å². The summed E-state index contributed by atoms with van der Waals surface area (Å²) in [6.45, 7) is 0. The van der Waals surface area contributed by atoms with Crippen LogP contribution in [0.1, 0.15) is 0 Å². The Hall–Kier alpha value is 0.883. The van der Waals surface area contributed by atoms with Crippen molar-refractivity contribution in [2.75, 3.05) is 0 Å². The van der Waals surface area contributed by atoms with Gasteiger partial charge < -0.3 is 22.3 Å². The fourth-order valence-electron chi connectivity index (χ4n) is 0. The molecular weight excluding hydrogens is 128 g/mol. The van der Waals surface area contributed by atoms with Gasteiger partial charge in [0.25, 0.3) is 0 Å². The standard InChI is InChI=1S/3CH3.Zr/h3*1H3;/q3*-1;+3/i1+1;;;. The molecule has 0 unspecified atom stereocenters. The summed E-state index contributed by atoms with van der Waals surface area (Å²) in [4.78, 5) is 0. The van der Waals surface area contributed by atoms with Crippen LogP contribution in [0.3, 0.4) is 0 Å². The first-order valence-corrected chi connectivity index (χ1v) is 0. The minimum absolute atomic E-state index is 0. The van der Waals surface area contributed by atoms with Crippen molar-refractivity contribution < 1.29 is 26.2 Å². The van der Waals surface area contributed by atoms with E-state index >= 15 is 0 Å². The second-order valence-corrected chi connectivity index (χ2v) is 0. The molecule has 0 amide bonds. The molecule has 0 spiro atoms. The summed E-state index contributed by atoms with van der Waals surface area (Å²) >= 11 is 0. The Balaban J connectivity index is 0. The molecule has 0 nitrogen and oxygen atoms in total. The molecule has 4 heavy (non-hydrogen) atoms. The van der Waals surface area contributed by atoms with Gasteiger partial charge in [-0.15, -0.1) is 0 Å². The summed E-state index contributed by atoms with van der Waals surface area (Å²) in [6, 6.07) is 0. The van der Waals surface area contributed by atoms with Crippen LogP contribution in [0.15, 0.2) is 0 Å². The van der Waals surface area contributed by atoms with Crippen LogP contribution in [0.2, 0.25) is 0 Å². The molecule has 0 aliphatic carbocycles. The van der Waals surface area contributed by atoms with Crippen LogP contribution in [0.4, 0.5) is 0 Å². The SMILES string of the molecule is [13CH3-].[CH3-].[CH3-].[Zr+3]. The van der Waals surface area contributed by atoms with Crippen LogP contribution in [-0.4, -0.2) is 0 Å². The van der Waals surface area contributed by atoms with Crippen molar-refractivity contribution in [2.24, 2.45) is 0 Å². The third-order valence-corrected chi connectivity index (χ3v) is 0. The summed E-state index contributed by atoms with van der Waals surface area (Å²) in [6.07, 6.45) is 0. The monoisotopic (exact) mass is 136 g/mol. The van der Waals surface area contributed by atoms with E-state index in [0.29, 0.717) is 0 Å². The van der Waals surface area contributed by atoms with Crippen molar-refractivity contribution in [3.63, 3.8) is 0 Å². The molecule has 0 rings (SSSR count). The van der Waals surface area contributed by atoms with Crippen LogP contribution < -0.4 is 0 Å². The van der Waals surface area contributed by atoms with Gasteiger partial charge in [-0.2, -0.15) is 0 Å². The summed E-state index contributed by atoms with van der Waals surface area (Å²) in [5, 5.41) is 0. The van der Waals surface area contributed by atoms with Gasteiger partial charge >= 0.3 is 26.2 Å². The Morgan fingerprint density at radius 2 is 0.500 bits per heavy atom. The van der Waals surface area contributed by atoms with Gasteiger partial charge in [0.2, 0.25) is 0 Å². The predicted octanol–water partition coefficient (Wildman–Crippen LogP) is 1.35. The van der Waals surface area contributed by atoms with Crippen LogP contribution in [-0.2, 0) is 26.2 Å². The van der Waals surface area contributed by atoms with E-state index < -0.39 is 0 Å². The van der Waals surface area contributed by atoms with E-state index in [1.54, 1.807) is 0 Å². The zero-order valence-corrected chi connectivity index (χ0v) is 5.96. The topological polar surface area (TPSA) is 0 Å². The molecule has 0 N–H and O–H groups in total. The average molecular weight is 137 g/mol. The van der Waals surface area contributed by atoms with Gasteiger partial charge in [0, 0.05) is 0 Å². The smallest absolute Gasteiger partial charge is 0.358 e. The fraction of sp³-hybridized carbons (Fsp3) is 0. The second-order valence-electron chi connectivity index (χ2n) is 0. The Kier molecular flexibility index (Phi) is 977. The molecule has 1 radical (unpaired) electrons. The first-order chi connectivity index (χ1) is 0.